The first-order valence-electron chi connectivity index (χ1n) is 31.0. The number of carbonyl (C=O) groups is 3. The molecule has 0 fully saturated rings. The minimum atomic E-state index is -0.833. The van der Waals surface area contributed by atoms with E-state index in [9.17, 15) is 14.4 Å². The van der Waals surface area contributed by atoms with Crippen LogP contribution in [-0.2, 0) is 28.6 Å². The summed E-state index contributed by atoms with van der Waals surface area (Å²) >= 11 is 0. The second-order valence-corrected chi connectivity index (χ2v) is 19.8. The molecule has 0 radical (unpaired) electrons. The van der Waals surface area contributed by atoms with E-state index >= 15 is 0 Å². The Bertz CT molecular complexity index is 1740. The maximum absolute atomic E-state index is 12.9. The molecule has 0 N–H and O–H groups in total. The summed E-state index contributed by atoms with van der Waals surface area (Å²) in [5.74, 6) is -1.07. The van der Waals surface area contributed by atoms with Gasteiger partial charge in [-0.1, -0.05) is 269 Å². The number of unbranched alkanes of at least 4 members (excludes halogenated alkanes) is 18. The highest BCUT2D eigenvalue weighted by molar-refractivity contribution is 5.72. The first-order valence-corrected chi connectivity index (χ1v) is 31.0. The van der Waals surface area contributed by atoms with Crippen molar-refractivity contribution in [2.45, 2.75) is 258 Å². The van der Waals surface area contributed by atoms with E-state index in [1.54, 1.807) is 6.08 Å². The molecule has 0 aliphatic heterocycles. The van der Waals surface area contributed by atoms with E-state index < -0.39 is 12.1 Å². The summed E-state index contributed by atoms with van der Waals surface area (Å²) in [5, 5.41) is 0. The van der Waals surface area contributed by atoms with E-state index in [1.165, 1.54) is 83.5 Å². The highest BCUT2D eigenvalue weighted by atomic mass is 16.6. The first kappa shape index (κ1) is 72.0. The third-order valence-corrected chi connectivity index (χ3v) is 12.5. The van der Waals surface area contributed by atoms with Gasteiger partial charge in [-0.25, -0.2) is 0 Å². The van der Waals surface area contributed by atoms with Crippen LogP contribution >= 0.6 is 0 Å². The number of hydrogen-bond donors (Lipinski definition) is 0. The molecule has 0 aromatic heterocycles. The second-order valence-electron chi connectivity index (χ2n) is 19.8. The Morgan fingerprint density at radius 2 is 0.519 bits per heavy atom. The Hall–Kier alpha value is -4.97. The van der Waals surface area contributed by atoms with Gasteiger partial charge in [-0.2, -0.15) is 0 Å². The molecule has 0 saturated heterocycles. The number of carbonyl (C=O) groups excluding carboxylic acids is 3. The molecule has 77 heavy (non-hydrogen) atoms. The fourth-order valence-corrected chi connectivity index (χ4v) is 8.03. The summed E-state index contributed by atoms with van der Waals surface area (Å²) in [7, 11) is 0. The van der Waals surface area contributed by atoms with E-state index in [4.69, 9.17) is 14.2 Å². The number of allylic oxidation sites excluding steroid dienone is 25. The second kappa shape index (κ2) is 63.6. The minimum absolute atomic E-state index is 0.118. The Morgan fingerprint density at radius 1 is 0.273 bits per heavy atom. The molecule has 0 rings (SSSR count). The number of ether oxygens (including phenoxy) is 3. The van der Waals surface area contributed by atoms with Gasteiger partial charge in [0.1, 0.15) is 13.2 Å². The zero-order chi connectivity index (χ0) is 55.7. The molecule has 432 valence electrons. The molecule has 0 amide bonds. The van der Waals surface area contributed by atoms with E-state index in [1.807, 2.05) is 6.08 Å². The van der Waals surface area contributed by atoms with Crippen molar-refractivity contribution in [2.24, 2.45) is 0 Å². The van der Waals surface area contributed by atoms with Gasteiger partial charge in [0, 0.05) is 12.8 Å². The predicted octanol–water partition coefficient (Wildman–Crippen LogP) is 21.3. The topological polar surface area (TPSA) is 78.9 Å². The van der Waals surface area contributed by atoms with Crippen LogP contribution in [0.25, 0.3) is 0 Å². The van der Waals surface area contributed by atoms with E-state index in [0.717, 1.165) is 128 Å². The average molecular weight is 1060 g/mol. The lowest BCUT2D eigenvalue weighted by molar-refractivity contribution is -0.166. The molecule has 0 aliphatic carbocycles. The fourth-order valence-electron chi connectivity index (χ4n) is 8.03. The van der Waals surface area contributed by atoms with Crippen molar-refractivity contribution in [1.29, 1.82) is 0 Å². The van der Waals surface area contributed by atoms with E-state index in [0.29, 0.717) is 12.8 Å². The Kier molecular flexibility index (Phi) is 59.5. The molecule has 0 bridgehead atoms. The van der Waals surface area contributed by atoms with Gasteiger partial charge in [0.15, 0.2) is 6.10 Å². The van der Waals surface area contributed by atoms with Gasteiger partial charge < -0.3 is 14.2 Å². The van der Waals surface area contributed by atoms with Crippen LogP contribution in [0.15, 0.2) is 158 Å². The molecule has 1 unspecified atom stereocenters. The molecule has 0 saturated carbocycles. The number of esters is 3. The lowest BCUT2D eigenvalue weighted by Gasteiger charge is -2.18. The molecule has 6 heteroatoms. The van der Waals surface area contributed by atoms with Crippen molar-refractivity contribution in [2.75, 3.05) is 13.2 Å². The van der Waals surface area contributed by atoms with Crippen LogP contribution in [0, 0.1) is 0 Å². The minimum Gasteiger partial charge on any atom is -0.462 e. The van der Waals surface area contributed by atoms with Gasteiger partial charge in [0.05, 0.1) is 6.42 Å². The van der Waals surface area contributed by atoms with Crippen molar-refractivity contribution in [3.8, 4) is 0 Å². The molecule has 0 aliphatic rings. The summed E-state index contributed by atoms with van der Waals surface area (Å²) in [4.78, 5) is 38.2. The van der Waals surface area contributed by atoms with Gasteiger partial charge in [0.2, 0.25) is 0 Å². The van der Waals surface area contributed by atoms with Gasteiger partial charge in [-0.05, 0) is 122 Å². The van der Waals surface area contributed by atoms with Crippen LogP contribution in [0.3, 0.4) is 0 Å². The van der Waals surface area contributed by atoms with E-state index in [2.05, 4.69) is 167 Å². The standard InChI is InChI=1S/C71H112O6/c1-4-7-10-13-16-19-22-25-28-30-32-34-35-37-38-40-43-46-49-52-55-58-61-64-70(73)76-67-68(66-75-69(72)63-60-57-54-51-48-45-42-27-24-21-18-15-12-9-6-3)77-71(74)65-62-59-56-53-50-47-44-41-39-36-33-31-29-26-23-20-17-14-11-8-5-2/h7-12,16-21,25-29,32-34,36,42,48,51,57,60,68H,4-6,13-15,22-24,30-31,35,37-41,43-47,49-50,52-56,58-59,61-67H2,1-3H3/b10-7-,11-8-,12-9-,19-16-,20-17-,21-18-,28-25-,29-26-,34-32-,36-33-,42-27-,51-48-,60-57-. The normalized spacial score (nSPS) is 13.2. The fraction of sp³-hybridized carbons (Fsp3) is 0.592. The van der Waals surface area contributed by atoms with Crippen molar-refractivity contribution in [3.05, 3.63) is 158 Å². The SMILES string of the molecule is CC/C=C\C/C=C\C/C=C\C/C=C\C/C=C\CC(=O)OCC(COC(=O)CCCCCCCCCCCC/C=C\C/C=C\C/C=C\C/C=C\CC)OC(=O)CCCCCCCCCC/C=C\C/C=C\C/C=C\C/C=C\CC. The Morgan fingerprint density at radius 3 is 0.844 bits per heavy atom. The zero-order valence-corrected chi connectivity index (χ0v) is 49.4. The summed E-state index contributed by atoms with van der Waals surface area (Å²) in [6.07, 6.45) is 92.7. The largest absolute Gasteiger partial charge is 0.462 e. The summed E-state index contributed by atoms with van der Waals surface area (Å²) in [5.41, 5.74) is 0. The highest BCUT2D eigenvalue weighted by Gasteiger charge is 2.19. The Labute approximate surface area is 473 Å². The van der Waals surface area contributed by atoms with Gasteiger partial charge in [0.25, 0.3) is 0 Å². The van der Waals surface area contributed by atoms with Crippen LogP contribution in [0.2, 0.25) is 0 Å². The first-order chi connectivity index (χ1) is 38.0. The lowest BCUT2D eigenvalue weighted by atomic mass is 10.1. The van der Waals surface area contributed by atoms with Crippen molar-refractivity contribution in [1.82, 2.24) is 0 Å². The van der Waals surface area contributed by atoms with E-state index in [-0.39, 0.29) is 31.6 Å². The molecule has 6 nitrogen and oxygen atoms in total. The molecule has 0 aromatic rings. The average Bonchev–Trinajstić information content (AvgIpc) is 3.43. The van der Waals surface area contributed by atoms with Crippen molar-refractivity contribution >= 4 is 17.9 Å². The Balaban J connectivity index is 4.48. The third-order valence-electron chi connectivity index (χ3n) is 12.5. The maximum atomic E-state index is 12.9. The highest BCUT2D eigenvalue weighted by Crippen LogP contribution is 2.15. The molecule has 0 aromatic carbocycles. The van der Waals surface area contributed by atoms with Crippen LogP contribution in [0.1, 0.15) is 252 Å². The summed E-state index contributed by atoms with van der Waals surface area (Å²) in [6, 6.07) is 0. The molecular formula is C71H112O6. The van der Waals surface area contributed by atoms with Crippen LogP contribution in [0.4, 0.5) is 0 Å². The molecule has 0 spiro atoms. The summed E-state index contributed by atoms with van der Waals surface area (Å²) < 4.78 is 16.8. The van der Waals surface area contributed by atoms with Crippen LogP contribution < -0.4 is 0 Å². The van der Waals surface area contributed by atoms with Crippen LogP contribution in [0.5, 0.6) is 0 Å². The smallest absolute Gasteiger partial charge is 0.309 e. The molecule has 1 atom stereocenters. The predicted molar refractivity (Wildman–Crippen MR) is 334 cm³/mol. The van der Waals surface area contributed by atoms with Gasteiger partial charge in [-0.15, -0.1) is 0 Å². The molecular weight excluding hydrogens is 949 g/mol. The van der Waals surface area contributed by atoms with Crippen molar-refractivity contribution < 1.29 is 28.6 Å². The maximum Gasteiger partial charge on any atom is 0.309 e. The quantitative estimate of drug-likeness (QED) is 0.0261. The van der Waals surface area contributed by atoms with Crippen LogP contribution in [-0.4, -0.2) is 37.2 Å². The monoisotopic (exact) mass is 1060 g/mol. The molecule has 0 heterocycles. The van der Waals surface area contributed by atoms with Crippen molar-refractivity contribution in [3.63, 3.8) is 0 Å². The zero-order valence-electron chi connectivity index (χ0n) is 49.4. The lowest BCUT2D eigenvalue weighted by Crippen LogP contribution is -2.30. The van der Waals surface area contributed by atoms with Gasteiger partial charge >= 0.3 is 17.9 Å². The van der Waals surface area contributed by atoms with Gasteiger partial charge in [-0.3, -0.25) is 14.4 Å². The summed E-state index contributed by atoms with van der Waals surface area (Å²) in [6.45, 7) is 6.20. The number of hydrogen-bond acceptors (Lipinski definition) is 6. The third kappa shape index (κ3) is 61.8. The number of rotatable bonds is 54.